The van der Waals surface area contributed by atoms with Crippen LogP contribution in [-0.4, -0.2) is 17.0 Å². The molecule has 22 heavy (non-hydrogen) atoms. The maximum Gasteiger partial charge on any atom is 0.155 e. The number of ketones is 1. The van der Waals surface area contributed by atoms with Crippen molar-refractivity contribution in [1.82, 2.24) is 0 Å². The first-order valence-electron chi connectivity index (χ1n) is 9.16. The predicted octanol–water partition coefficient (Wildman–Crippen LogP) is 4.05. The molecule has 2 heteroatoms. The van der Waals surface area contributed by atoms with Crippen LogP contribution in [0, 0.1) is 29.1 Å². The van der Waals surface area contributed by atoms with E-state index in [1.54, 1.807) is 0 Å². The van der Waals surface area contributed by atoms with Gasteiger partial charge in [0.2, 0.25) is 0 Å². The van der Waals surface area contributed by atoms with Gasteiger partial charge in [-0.15, -0.1) is 0 Å². The molecule has 2 nitrogen and oxygen atoms in total. The van der Waals surface area contributed by atoms with Crippen molar-refractivity contribution in [2.24, 2.45) is 29.1 Å². The van der Waals surface area contributed by atoms with Crippen LogP contribution in [0.15, 0.2) is 23.8 Å². The minimum atomic E-state index is -0.134. The lowest BCUT2D eigenvalue weighted by molar-refractivity contribution is -0.115. The smallest absolute Gasteiger partial charge is 0.155 e. The molecule has 0 radical (unpaired) electrons. The van der Waals surface area contributed by atoms with Gasteiger partial charge in [-0.2, -0.15) is 0 Å². The van der Waals surface area contributed by atoms with E-state index in [4.69, 9.17) is 0 Å². The second-order valence-electron chi connectivity index (χ2n) is 8.18. The lowest BCUT2D eigenvalue weighted by Crippen LogP contribution is -2.49. The summed E-state index contributed by atoms with van der Waals surface area (Å²) in [5.41, 5.74) is 2.87. The summed E-state index contributed by atoms with van der Waals surface area (Å²) < 4.78 is 0. The zero-order chi connectivity index (χ0) is 15.5. The highest BCUT2D eigenvalue weighted by atomic mass is 16.3. The molecule has 0 aliphatic heterocycles. The Bertz CT molecular complexity index is 546. The molecule has 0 saturated heterocycles. The Hall–Kier alpha value is -0.890. The summed E-state index contributed by atoms with van der Waals surface area (Å²) >= 11 is 0. The van der Waals surface area contributed by atoms with Gasteiger partial charge in [-0.3, -0.25) is 4.79 Å². The number of hydrogen-bond acceptors (Lipinski definition) is 2. The van der Waals surface area contributed by atoms with E-state index in [1.165, 1.54) is 24.0 Å². The van der Waals surface area contributed by atoms with Crippen LogP contribution in [0.1, 0.15) is 58.3 Å². The summed E-state index contributed by atoms with van der Waals surface area (Å²) in [6.45, 7) is 6.73. The van der Waals surface area contributed by atoms with Crippen LogP contribution in [0.4, 0.5) is 0 Å². The fourth-order valence-electron chi connectivity index (χ4n) is 6.60. The predicted molar refractivity (Wildman–Crippen MR) is 87.2 cm³/mol. The molecular weight excluding hydrogens is 272 g/mol. The molecule has 0 aromatic heterocycles. The van der Waals surface area contributed by atoms with Crippen molar-refractivity contribution in [3.8, 4) is 0 Å². The van der Waals surface area contributed by atoms with Crippen LogP contribution in [0.3, 0.4) is 0 Å². The van der Waals surface area contributed by atoms with E-state index in [0.29, 0.717) is 29.5 Å². The van der Waals surface area contributed by atoms with Gasteiger partial charge >= 0.3 is 0 Å². The molecule has 0 aromatic rings. The largest absolute Gasteiger partial charge is 0.393 e. The van der Waals surface area contributed by atoms with Crippen LogP contribution >= 0.6 is 0 Å². The van der Waals surface area contributed by atoms with Crippen molar-refractivity contribution in [1.29, 1.82) is 0 Å². The highest BCUT2D eigenvalue weighted by Crippen LogP contribution is 2.64. The Labute approximate surface area is 133 Å². The molecule has 0 amide bonds. The quantitative estimate of drug-likeness (QED) is 0.742. The fourth-order valence-corrected chi connectivity index (χ4v) is 6.60. The monoisotopic (exact) mass is 300 g/mol. The molecular formula is C20H28O2. The standard InChI is InChI=1S/C20H28O2/c1-3-20-11-12(2)19-15-7-5-14(21)10-13(15)4-6-16(19)17(20)8-9-18(20)22/h10,15-19,22H,2-9,11H2,1H3/t15-,16-,17-,18+,19+,20+/m0/s1. The maximum absolute atomic E-state index is 11.8. The molecule has 0 bridgehead atoms. The van der Waals surface area contributed by atoms with Gasteiger partial charge in [0.05, 0.1) is 6.10 Å². The van der Waals surface area contributed by atoms with E-state index in [9.17, 15) is 9.90 Å². The fraction of sp³-hybridized carbons (Fsp3) is 0.750. The summed E-state index contributed by atoms with van der Waals surface area (Å²) in [7, 11) is 0. The SMILES string of the molecule is C=C1C[C@@]2(CC)[C@H](O)CC[C@H]2[C@@H]2CCC3=CC(=O)CC[C@@H]3[C@@H]12. The highest BCUT2D eigenvalue weighted by molar-refractivity contribution is 5.91. The average molecular weight is 300 g/mol. The molecule has 3 saturated carbocycles. The van der Waals surface area contributed by atoms with Crippen LogP contribution in [0.25, 0.3) is 0 Å². The van der Waals surface area contributed by atoms with Gasteiger partial charge in [-0.1, -0.05) is 24.6 Å². The summed E-state index contributed by atoms with van der Waals surface area (Å²) in [5.74, 6) is 2.82. The third-order valence-electron chi connectivity index (χ3n) is 7.54. The van der Waals surface area contributed by atoms with Crippen molar-refractivity contribution in [2.45, 2.75) is 64.4 Å². The van der Waals surface area contributed by atoms with Crippen LogP contribution < -0.4 is 0 Å². The van der Waals surface area contributed by atoms with E-state index in [1.807, 2.05) is 6.08 Å². The Balaban J connectivity index is 1.70. The molecule has 0 spiro atoms. The molecule has 6 atom stereocenters. The van der Waals surface area contributed by atoms with Crippen molar-refractivity contribution < 1.29 is 9.90 Å². The molecule has 0 unspecified atom stereocenters. The lowest BCUT2D eigenvalue weighted by Gasteiger charge is -2.55. The number of allylic oxidation sites excluding steroid dienone is 2. The zero-order valence-electron chi connectivity index (χ0n) is 13.7. The van der Waals surface area contributed by atoms with Gasteiger partial charge < -0.3 is 5.11 Å². The molecule has 4 rings (SSSR count). The molecule has 3 fully saturated rings. The Morgan fingerprint density at radius 1 is 1.27 bits per heavy atom. The lowest BCUT2D eigenvalue weighted by atomic mass is 9.50. The molecule has 4 aliphatic rings. The number of carbonyl (C=O) groups excluding carboxylic acids is 1. The van der Waals surface area contributed by atoms with Crippen LogP contribution in [-0.2, 0) is 4.79 Å². The van der Waals surface area contributed by atoms with E-state index in [0.717, 1.165) is 38.5 Å². The molecule has 0 heterocycles. The number of aliphatic hydroxyl groups excluding tert-OH is 1. The van der Waals surface area contributed by atoms with E-state index in [2.05, 4.69) is 13.5 Å². The number of fused-ring (bicyclic) bond motifs is 5. The second-order valence-corrected chi connectivity index (χ2v) is 8.18. The molecule has 1 N–H and O–H groups in total. The maximum atomic E-state index is 11.8. The highest BCUT2D eigenvalue weighted by Gasteiger charge is 2.58. The molecule has 120 valence electrons. The molecule has 4 aliphatic carbocycles. The molecule has 0 aromatic carbocycles. The van der Waals surface area contributed by atoms with E-state index in [-0.39, 0.29) is 11.5 Å². The van der Waals surface area contributed by atoms with Gasteiger partial charge in [-0.05, 0) is 74.7 Å². The van der Waals surface area contributed by atoms with Gasteiger partial charge in [-0.25, -0.2) is 0 Å². The summed E-state index contributed by atoms with van der Waals surface area (Å²) in [6, 6.07) is 0. The van der Waals surface area contributed by atoms with Crippen LogP contribution in [0.2, 0.25) is 0 Å². The first-order valence-corrected chi connectivity index (χ1v) is 9.16. The summed E-state index contributed by atoms with van der Waals surface area (Å²) in [5, 5.41) is 10.7. The van der Waals surface area contributed by atoms with Gasteiger partial charge in [0.15, 0.2) is 5.78 Å². The van der Waals surface area contributed by atoms with E-state index < -0.39 is 0 Å². The number of aliphatic hydroxyl groups is 1. The van der Waals surface area contributed by atoms with Crippen molar-refractivity contribution in [3.63, 3.8) is 0 Å². The first-order chi connectivity index (χ1) is 10.6. The van der Waals surface area contributed by atoms with Crippen molar-refractivity contribution in [3.05, 3.63) is 23.8 Å². The minimum Gasteiger partial charge on any atom is -0.393 e. The van der Waals surface area contributed by atoms with E-state index >= 15 is 0 Å². The topological polar surface area (TPSA) is 37.3 Å². The zero-order valence-corrected chi connectivity index (χ0v) is 13.7. The summed E-state index contributed by atoms with van der Waals surface area (Å²) in [6.07, 6.45) is 10.1. The Morgan fingerprint density at radius 3 is 2.86 bits per heavy atom. The number of hydrogen-bond donors (Lipinski definition) is 1. The summed E-state index contributed by atoms with van der Waals surface area (Å²) in [4.78, 5) is 11.8. The third kappa shape index (κ3) is 1.86. The van der Waals surface area contributed by atoms with Gasteiger partial charge in [0, 0.05) is 11.8 Å². The Kier molecular flexibility index (Phi) is 3.38. The van der Waals surface area contributed by atoms with Crippen molar-refractivity contribution in [2.75, 3.05) is 0 Å². The first kappa shape index (κ1) is 14.7. The van der Waals surface area contributed by atoms with Gasteiger partial charge in [0.1, 0.15) is 0 Å². The average Bonchev–Trinajstić information content (AvgIpc) is 2.84. The third-order valence-corrected chi connectivity index (χ3v) is 7.54. The van der Waals surface area contributed by atoms with Crippen molar-refractivity contribution >= 4 is 5.78 Å². The minimum absolute atomic E-state index is 0.101. The van der Waals surface area contributed by atoms with Crippen LogP contribution in [0.5, 0.6) is 0 Å². The number of rotatable bonds is 1. The Morgan fingerprint density at radius 2 is 2.09 bits per heavy atom. The number of carbonyl (C=O) groups is 1. The normalized spacial score (nSPS) is 47.5. The van der Waals surface area contributed by atoms with Gasteiger partial charge in [0.25, 0.3) is 0 Å². The second kappa shape index (κ2) is 5.06.